The molecule has 16 heavy (non-hydrogen) atoms. The van der Waals surface area contributed by atoms with Gasteiger partial charge >= 0.3 is 0 Å². The van der Waals surface area contributed by atoms with Crippen LogP contribution in [-0.4, -0.2) is 23.2 Å². The Morgan fingerprint density at radius 2 is 2.31 bits per heavy atom. The topological polar surface area (TPSA) is 36.4 Å². The second-order valence-electron chi connectivity index (χ2n) is 4.90. The minimum absolute atomic E-state index is 0.116. The van der Waals surface area contributed by atoms with Crippen molar-refractivity contribution in [2.24, 2.45) is 11.8 Å². The summed E-state index contributed by atoms with van der Waals surface area (Å²) in [6.45, 7) is 8.91. The summed E-state index contributed by atoms with van der Waals surface area (Å²) in [5, 5.41) is 10.3. The first-order chi connectivity index (χ1) is 7.61. The number of nitrogens with zero attached hydrogens (tertiary/aromatic N) is 2. The maximum atomic E-state index is 9.17. The molecule has 90 valence electrons. The Kier molecular flexibility index (Phi) is 3.50. The van der Waals surface area contributed by atoms with Gasteiger partial charge in [-0.1, -0.05) is 25.2 Å². The van der Waals surface area contributed by atoms with Crippen LogP contribution < -0.4 is 4.90 Å². The van der Waals surface area contributed by atoms with Crippen LogP contribution >= 0.6 is 11.3 Å². The first-order valence-corrected chi connectivity index (χ1v) is 6.75. The molecule has 0 bridgehead atoms. The van der Waals surface area contributed by atoms with Crippen molar-refractivity contribution in [1.29, 1.82) is 0 Å². The number of aliphatic hydroxyl groups is 1. The van der Waals surface area contributed by atoms with Gasteiger partial charge < -0.3 is 10.0 Å². The van der Waals surface area contributed by atoms with Crippen molar-refractivity contribution in [1.82, 2.24) is 4.98 Å². The third-order valence-electron chi connectivity index (χ3n) is 3.46. The molecule has 0 aromatic carbocycles. The lowest BCUT2D eigenvalue weighted by Gasteiger charge is -2.16. The minimum Gasteiger partial charge on any atom is -0.391 e. The number of thiazole rings is 1. The summed E-state index contributed by atoms with van der Waals surface area (Å²) < 4.78 is 0. The molecule has 1 aliphatic heterocycles. The molecule has 0 spiro atoms. The second kappa shape index (κ2) is 4.72. The number of aromatic nitrogens is 1. The van der Waals surface area contributed by atoms with Crippen LogP contribution in [0.2, 0.25) is 0 Å². The number of rotatable bonds is 3. The molecule has 1 atom stereocenters. The van der Waals surface area contributed by atoms with E-state index in [1.807, 2.05) is 6.92 Å². The smallest absolute Gasteiger partial charge is 0.185 e. The molecule has 1 aliphatic rings. The van der Waals surface area contributed by atoms with Crippen LogP contribution in [0.3, 0.4) is 0 Å². The molecule has 4 heteroatoms. The largest absolute Gasteiger partial charge is 0.391 e. The van der Waals surface area contributed by atoms with E-state index in [9.17, 15) is 0 Å². The van der Waals surface area contributed by atoms with Crippen LogP contribution in [-0.2, 0) is 6.61 Å². The molecular weight excluding hydrogens is 220 g/mol. The highest BCUT2D eigenvalue weighted by molar-refractivity contribution is 7.15. The van der Waals surface area contributed by atoms with Crippen molar-refractivity contribution in [2.45, 2.75) is 33.8 Å². The first kappa shape index (κ1) is 11.9. The van der Waals surface area contributed by atoms with Crippen molar-refractivity contribution in [2.75, 3.05) is 18.0 Å². The van der Waals surface area contributed by atoms with Crippen molar-refractivity contribution < 1.29 is 5.11 Å². The van der Waals surface area contributed by atoms with Gasteiger partial charge in [-0.2, -0.15) is 0 Å². The van der Waals surface area contributed by atoms with Crippen molar-refractivity contribution in [3.63, 3.8) is 0 Å². The van der Waals surface area contributed by atoms with E-state index in [4.69, 9.17) is 5.11 Å². The highest BCUT2D eigenvalue weighted by Gasteiger charge is 2.26. The molecular formula is C12H20N2OS. The highest BCUT2D eigenvalue weighted by Crippen LogP contribution is 2.32. The van der Waals surface area contributed by atoms with Crippen LogP contribution in [0.15, 0.2) is 0 Å². The van der Waals surface area contributed by atoms with E-state index in [2.05, 4.69) is 23.7 Å². The monoisotopic (exact) mass is 240 g/mol. The van der Waals surface area contributed by atoms with Gasteiger partial charge in [-0.05, 0) is 25.2 Å². The molecule has 0 amide bonds. The van der Waals surface area contributed by atoms with Crippen LogP contribution in [0.25, 0.3) is 0 Å². The number of aliphatic hydroxyl groups excluding tert-OH is 1. The van der Waals surface area contributed by atoms with Gasteiger partial charge in [0.05, 0.1) is 17.2 Å². The van der Waals surface area contributed by atoms with E-state index in [-0.39, 0.29) is 6.61 Å². The highest BCUT2D eigenvalue weighted by atomic mass is 32.1. The van der Waals surface area contributed by atoms with E-state index in [1.165, 1.54) is 6.42 Å². The van der Waals surface area contributed by atoms with E-state index in [0.717, 1.165) is 40.6 Å². The zero-order chi connectivity index (χ0) is 11.7. The molecule has 1 fully saturated rings. The summed E-state index contributed by atoms with van der Waals surface area (Å²) in [7, 11) is 0. The van der Waals surface area contributed by atoms with Gasteiger partial charge in [0.2, 0.25) is 0 Å². The van der Waals surface area contributed by atoms with Crippen LogP contribution in [0, 0.1) is 18.8 Å². The summed E-state index contributed by atoms with van der Waals surface area (Å²) in [6, 6.07) is 0. The zero-order valence-electron chi connectivity index (χ0n) is 10.2. The molecule has 3 nitrogen and oxygen atoms in total. The number of aryl methyl sites for hydroxylation is 1. The van der Waals surface area contributed by atoms with Crippen molar-refractivity contribution >= 4 is 16.5 Å². The number of anilines is 1. The predicted molar refractivity (Wildman–Crippen MR) is 67.9 cm³/mol. The minimum atomic E-state index is 0.116. The molecule has 1 aromatic rings. The number of hydrogen-bond donors (Lipinski definition) is 1. The van der Waals surface area contributed by atoms with Crippen molar-refractivity contribution in [3.8, 4) is 0 Å². The molecule has 0 saturated carbocycles. The Balaban J connectivity index is 2.08. The van der Waals surface area contributed by atoms with Gasteiger partial charge in [0.15, 0.2) is 5.13 Å². The maximum Gasteiger partial charge on any atom is 0.185 e. The van der Waals surface area contributed by atoms with Gasteiger partial charge in [-0.15, -0.1) is 0 Å². The van der Waals surface area contributed by atoms with E-state index in [0.29, 0.717) is 0 Å². The fourth-order valence-corrected chi connectivity index (χ4v) is 3.16. The third-order valence-corrected chi connectivity index (χ3v) is 4.67. The molecule has 1 saturated heterocycles. The van der Waals surface area contributed by atoms with Gasteiger partial charge in [-0.3, -0.25) is 0 Å². The lowest BCUT2D eigenvalue weighted by Crippen LogP contribution is -2.20. The molecule has 0 radical (unpaired) electrons. The summed E-state index contributed by atoms with van der Waals surface area (Å²) >= 11 is 1.64. The maximum absolute atomic E-state index is 9.17. The summed E-state index contributed by atoms with van der Waals surface area (Å²) in [4.78, 5) is 7.91. The standard InChI is InChI=1S/C12H20N2OS/c1-8(2)10-4-5-14(6-10)12-13-9(3)11(7-15)16-12/h8,10,15H,4-7H2,1-3H3. The molecule has 2 heterocycles. The van der Waals surface area contributed by atoms with Crippen LogP contribution in [0.4, 0.5) is 5.13 Å². The van der Waals surface area contributed by atoms with Gasteiger partial charge in [0.1, 0.15) is 0 Å². The normalized spacial score (nSPS) is 21.1. The summed E-state index contributed by atoms with van der Waals surface area (Å²) in [5.74, 6) is 1.55. The Hall–Kier alpha value is -0.610. The Morgan fingerprint density at radius 1 is 1.56 bits per heavy atom. The third kappa shape index (κ3) is 2.23. The predicted octanol–water partition coefficient (Wildman–Crippen LogP) is 2.43. The average molecular weight is 240 g/mol. The van der Waals surface area contributed by atoms with Gasteiger partial charge in [-0.25, -0.2) is 4.98 Å². The van der Waals surface area contributed by atoms with E-state index in [1.54, 1.807) is 11.3 Å². The molecule has 1 aromatic heterocycles. The summed E-state index contributed by atoms with van der Waals surface area (Å²) in [6.07, 6.45) is 1.27. The van der Waals surface area contributed by atoms with Crippen LogP contribution in [0.5, 0.6) is 0 Å². The van der Waals surface area contributed by atoms with Crippen molar-refractivity contribution in [3.05, 3.63) is 10.6 Å². The second-order valence-corrected chi connectivity index (χ2v) is 5.96. The van der Waals surface area contributed by atoms with Gasteiger partial charge in [0.25, 0.3) is 0 Å². The molecule has 2 rings (SSSR count). The average Bonchev–Trinajstić information content (AvgIpc) is 2.83. The van der Waals surface area contributed by atoms with E-state index < -0.39 is 0 Å². The zero-order valence-corrected chi connectivity index (χ0v) is 11.0. The lowest BCUT2D eigenvalue weighted by atomic mass is 9.95. The Labute approximate surface area is 101 Å². The van der Waals surface area contributed by atoms with Gasteiger partial charge in [0, 0.05) is 13.1 Å². The Bertz CT molecular complexity index is 362. The quantitative estimate of drug-likeness (QED) is 0.881. The molecule has 1 N–H and O–H groups in total. The SMILES string of the molecule is Cc1nc(N2CCC(C(C)C)C2)sc1CO. The Morgan fingerprint density at radius 3 is 2.81 bits per heavy atom. The van der Waals surface area contributed by atoms with Crippen LogP contribution in [0.1, 0.15) is 30.8 Å². The number of hydrogen-bond acceptors (Lipinski definition) is 4. The summed E-state index contributed by atoms with van der Waals surface area (Å²) in [5.41, 5.74) is 0.982. The molecule has 0 aliphatic carbocycles. The van der Waals surface area contributed by atoms with E-state index >= 15 is 0 Å². The molecule has 1 unspecified atom stereocenters. The lowest BCUT2D eigenvalue weighted by molar-refractivity contribution is 0.284. The fourth-order valence-electron chi connectivity index (χ4n) is 2.20. The first-order valence-electron chi connectivity index (χ1n) is 5.94. The fraction of sp³-hybridized carbons (Fsp3) is 0.750.